The summed E-state index contributed by atoms with van der Waals surface area (Å²) in [7, 11) is 0. The van der Waals surface area contributed by atoms with Gasteiger partial charge in [0.2, 0.25) is 0 Å². The number of rotatable bonds is 4. The summed E-state index contributed by atoms with van der Waals surface area (Å²) in [5.41, 5.74) is 0.616. The number of hydrogen-bond acceptors (Lipinski definition) is 0. The van der Waals surface area contributed by atoms with Crippen molar-refractivity contribution >= 4 is 0 Å². The Bertz CT molecular complexity index is 594. The van der Waals surface area contributed by atoms with E-state index >= 15 is 0 Å². The fraction of sp³-hybridized carbons (Fsp3) is 0.857. The molecule has 0 bridgehead atoms. The lowest BCUT2D eigenvalue weighted by Gasteiger charge is -2.42. The predicted octanol–water partition coefficient (Wildman–Crippen LogP) is 8.01. The van der Waals surface area contributed by atoms with E-state index in [-0.39, 0.29) is 5.41 Å². The third kappa shape index (κ3) is 5.82. The van der Waals surface area contributed by atoms with Crippen molar-refractivity contribution < 1.29 is 0 Å². The summed E-state index contributed by atoms with van der Waals surface area (Å²) in [6.07, 6.45) is 19.7. The Labute approximate surface area is 176 Å². The molecule has 3 fully saturated rings. The molecule has 0 heterocycles. The zero-order chi connectivity index (χ0) is 20.0. The van der Waals surface area contributed by atoms with Crippen LogP contribution in [0.15, 0.2) is 0 Å². The lowest BCUT2D eigenvalue weighted by molar-refractivity contribution is 0.120. The highest BCUT2D eigenvalue weighted by molar-refractivity contribution is 5.14. The Morgan fingerprint density at radius 1 is 0.679 bits per heavy atom. The predicted molar refractivity (Wildman–Crippen MR) is 122 cm³/mol. The first-order chi connectivity index (χ1) is 13.5. The van der Waals surface area contributed by atoms with Crippen molar-refractivity contribution in [3.05, 3.63) is 0 Å². The summed E-state index contributed by atoms with van der Waals surface area (Å²) >= 11 is 0. The molecule has 0 aromatic rings. The van der Waals surface area contributed by atoms with Gasteiger partial charge in [0.15, 0.2) is 0 Å². The highest BCUT2D eigenvalue weighted by Gasteiger charge is 2.39. The minimum Gasteiger partial charge on any atom is -0.106 e. The van der Waals surface area contributed by atoms with Crippen LogP contribution in [0, 0.1) is 58.2 Å². The van der Waals surface area contributed by atoms with E-state index in [9.17, 15) is 0 Å². The van der Waals surface area contributed by atoms with Crippen LogP contribution in [-0.4, -0.2) is 0 Å². The summed E-state index contributed by atoms with van der Waals surface area (Å²) in [6, 6.07) is 0. The molecule has 3 saturated carbocycles. The van der Waals surface area contributed by atoms with E-state index in [2.05, 4.69) is 44.5 Å². The maximum Gasteiger partial charge on any atom is 0.0317 e. The standard InChI is InChI=1S/C28H44/c1-5-15-27(4)17-11-26(12-18-27)22-28(16-6-2)19-13-25(14-20-28)21-24-9-7-23(3)8-10-24/h23-26H,7-14,17-22H2,1-4H3. The molecule has 0 heteroatoms. The highest BCUT2D eigenvalue weighted by Crippen LogP contribution is 2.49. The fourth-order valence-electron chi connectivity index (χ4n) is 6.65. The van der Waals surface area contributed by atoms with E-state index in [0.29, 0.717) is 5.41 Å². The first-order valence-electron chi connectivity index (χ1n) is 12.3. The van der Waals surface area contributed by atoms with Crippen LogP contribution in [0.3, 0.4) is 0 Å². The number of hydrogen-bond donors (Lipinski definition) is 0. The lowest BCUT2D eigenvalue weighted by Crippen LogP contribution is -2.32. The van der Waals surface area contributed by atoms with Crippen LogP contribution in [-0.2, 0) is 0 Å². The SMILES string of the molecule is CC#CC1(C)CCC(CC2(C#CC)CCC(CC3CCC(C)CC3)CC2)CC1. The van der Waals surface area contributed by atoms with Crippen LogP contribution in [0.25, 0.3) is 0 Å². The molecule has 0 unspecified atom stereocenters. The van der Waals surface area contributed by atoms with Crippen molar-refractivity contribution in [2.45, 2.75) is 118 Å². The summed E-state index contributed by atoms with van der Waals surface area (Å²) in [5.74, 6) is 17.6. The monoisotopic (exact) mass is 380 g/mol. The maximum atomic E-state index is 3.74. The molecule has 0 aliphatic heterocycles. The van der Waals surface area contributed by atoms with Crippen LogP contribution < -0.4 is 0 Å². The summed E-state index contributed by atoms with van der Waals surface area (Å²) in [6.45, 7) is 8.87. The Kier molecular flexibility index (Phi) is 7.60. The van der Waals surface area contributed by atoms with Crippen molar-refractivity contribution in [2.24, 2.45) is 34.5 Å². The van der Waals surface area contributed by atoms with Gasteiger partial charge < -0.3 is 0 Å². The van der Waals surface area contributed by atoms with E-state index < -0.39 is 0 Å². The van der Waals surface area contributed by atoms with Crippen molar-refractivity contribution in [2.75, 3.05) is 0 Å². The Morgan fingerprint density at radius 2 is 1.21 bits per heavy atom. The van der Waals surface area contributed by atoms with Gasteiger partial charge in [0.05, 0.1) is 0 Å². The second-order valence-corrected chi connectivity index (χ2v) is 11.0. The van der Waals surface area contributed by atoms with Gasteiger partial charge in [0.1, 0.15) is 0 Å². The van der Waals surface area contributed by atoms with Gasteiger partial charge in [-0.1, -0.05) is 44.4 Å². The molecule has 0 amide bonds. The molecule has 3 rings (SSSR count). The minimum atomic E-state index is 0.282. The van der Waals surface area contributed by atoms with Crippen LogP contribution in [0.2, 0.25) is 0 Å². The molecule has 0 spiro atoms. The molecule has 0 aromatic carbocycles. The largest absolute Gasteiger partial charge is 0.106 e. The van der Waals surface area contributed by atoms with Gasteiger partial charge in [0, 0.05) is 10.8 Å². The zero-order valence-corrected chi connectivity index (χ0v) is 19.2. The molecular formula is C28H44. The average Bonchev–Trinajstić information content (AvgIpc) is 2.68. The zero-order valence-electron chi connectivity index (χ0n) is 19.2. The molecular weight excluding hydrogens is 336 g/mol. The summed E-state index contributed by atoms with van der Waals surface area (Å²) in [5, 5.41) is 0. The summed E-state index contributed by atoms with van der Waals surface area (Å²) < 4.78 is 0. The smallest absolute Gasteiger partial charge is 0.0317 e. The molecule has 0 nitrogen and oxygen atoms in total. The quantitative estimate of drug-likeness (QED) is 0.433. The molecule has 156 valence electrons. The Morgan fingerprint density at radius 3 is 1.79 bits per heavy atom. The second kappa shape index (κ2) is 9.75. The first-order valence-corrected chi connectivity index (χ1v) is 12.3. The Hall–Kier alpha value is -0.880. The third-order valence-electron chi connectivity index (χ3n) is 8.57. The summed E-state index contributed by atoms with van der Waals surface area (Å²) in [4.78, 5) is 0. The molecule has 3 aliphatic rings. The van der Waals surface area contributed by atoms with Gasteiger partial charge in [-0.25, -0.2) is 0 Å². The maximum absolute atomic E-state index is 3.74. The molecule has 0 radical (unpaired) electrons. The van der Waals surface area contributed by atoms with Gasteiger partial charge in [0.25, 0.3) is 0 Å². The van der Waals surface area contributed by atoms with Crippen molar-refractivity contribution in [1.29, 1.82) is 0 Å². The van der Waals surface area contributed by atoms with Gasteiger partial charge in [-0.05, 0) is 109 Å². The van der Waals surface area contributed by atoms with Gasteiger partial charge in [-0.3, -0.25) is 0 Å². The molecule has 0 aromatic heterocycles. The van der Waals surface area contributed by atoms with E-state index in [1.165, 1.54) is 89.9 Å². The van der Waals surface area contributed by atoms with Crippen molar-refractivity contribution in [1.82, 2.24) is 0 Å². The van der Waals surface area contributed by atoms with Crippen LogP contribution in [0.5, 0.6) is 0 Å². The normalized spacial score (nSPS) is 41.3. The molecule has 0 N–H and O–H groups in total. The molecule has 0 atom stereocenters. The highest BCUT2D eigenvalue weighted by atomic mass is 14.4. The van der Waals surface area contributed by atoms with E-state index in [1.54, 1.807) is 0 Å². The first kappa shape index (κ1) is 21.8. The van der Waals surface area contributed by atoms with Gasteiger partial charge in [-0.2, -0.15) is 0 Å². The van der Waals surface area contributed by atoms with E-state index in [4.69, 9.17) is 0 Å². The van der Waals surface area contributed by atoms with Crippen molar-refractivity contribution in [3.8, 4) is 23.7 Å². The average molecular weight is 381 g/mol. The van der Waals surface area contributed by atoms with Crippen LogP contribution in [0.1, 0.15) is 118 Å². The molecule has 0 saturated heterocycles. The molecule has 28 heavy (non-hydrogen) atoms. The fourth-order valence-corrected chi connectivity index (χ4v) is 6.65. The van der Waals surface area contributed by atoms with Crippen LogP contribution >= 0.6 is 0 Å². The van der Waals surface area contributed by atoms with Gasteiger partial charge >= 0.3 is 0 Å². The van der Waals surface area contributed by atoms with Crippen LogP contribution in [0.4, 0.5) is 0 Å². The van der Waals surface area contributed by atoms with Crippen molar-refractivity contribution in [3.63, 3.8) is 0 Å². The van der Waals surface area contributed by atoms with Gasteiger partial charge in [-0.15, -0.1) is 11.8 Å². The second-order valence-electron chi connectivity index (χ2n) is 11.0. The van der Waals surface area contributed by atoms with E-state index in [0.717, 1.165) is 23.7 Å². The molecule has 3 aliphatic carbocycles. The third-order valence-corrected chi connectivity index (χ3v) is 8.57. The lowest BCUT2D eigenvalue weighted by atomic mass is 9.62. The topological polar surface area (TPSA) is 0 Å². The van der Waals surface area contributed by atoms with E-state index in [1.807, 2.05) is 6.92 Å². The minimum absolute atomic E-state index is 0.282. The Balaban J connectivity index is 1.50.